The van der Waals surface area contributed by atoms with Crippen LogP contribution in [0.4, 0.5) is 0 Å². The van der Waals surface area contributed by atoms with E-state index in [2.05, 4.69) is 34.3 Å². The van der Waals surface area contributed by atoms with Gasteiger partial charge in [-0.15, -0.1) is 0 Å². The van der Waals surface area contributed by atoms with E-state index in [0.29, 0.717) is 17.2 Å². The first-order chi connectivity index (χ1) is 20.2. The quantitative estimate of drug-likeness (QED) is 0.0819. The lowest BCUT2D eigenvalue weighted by Gasteiger charge is -2.32. The molecule has 0 aliphatic carbocycles. The molecule has 0 spiro atoms. The lowest BCUT2D eigenvalue weighted by Crippen LogP contribution is -2.45. The van der Waals surface area contributed by atoms with Crippen molar-refractivity contribution >= 4 is 5.97 Å². The summed E-state index contributed by atoms with van der Waals surface area (Å²) in [6, 6.07) is 30.0. The lowest BCUT2D eigenvalue weighted by atomic mass is 9.78. The van der Waals surface area contributed by atoms with Crippen LogP contribution >= 0.6 is 0 Å². The summed E-state index contributed by atoms with van der Waals surface area (Å²) in [5.41, 5.74) is 2.64. The maximum Gasteiger partial charge on any atom is 0.335 e. The smallest absolute Gasteiger partial charge is 0.335 e. The van der Waals surface area contributed by atoms with Crippen LogP contribution in [-0.4, -0.2) is 28.1 Å². The van der Waals surface area contributed by atoms with Gasteiger partial charge in [0, 0.05) is 16.9 Å². The number of esters is 1. The van der Waals surface area contributed by atoms with Crippen molar-refractivity contribution in [3.8, 4) is 23.0 Å². The van der Waals surface area contributed by atoms with Crippen LogP contribution in [-0.2, 0) is 15.6 Å². The van der Waals surface area contributed by atoms with Gasteiger partial charge in [-0.25, -0.2) is 4.79 Å². The summed E-state index contributed by atoms with van der Waals surface area (Å²) in [5, 5.41) is 20.6. The van der Waals surface area contributed by atoms with Gasteiger partial charge >= 0.3 is 5.97 Å². The predicted octanol–water partition coefficient (Wildman–Crippen LogP) is 7.69. The Bertz CT molecular complexity index is 1530. The Morgan fingerprint density at radius 1 is 0.651 bits per heavy atom. The number of phenolic OH excluding ortho intramolecular Hbond substituents is 1. The molecule has 0 saturated carbocycles. The monoisotopic (exact) mass is 580 g/mol. The Kier molecular flexibility index (Phi) is 9.02. The number of phenols is 1. The Morgan fingerprint density at radius 3 is 1.44 bits per heavy atom. The van der Waals surface area contributed by atoms with Gasteiger partial charge in [0.1, 0.15) is 23.0 Å². The van der Waals surface area contributed by atoms with Crippen LogP contribution in [0.2, 0.25) is 0 Å². The third-order valence-electron chi connectivity index (χ3n) is 7.93. The number of carbonyl (C=O) groups excluding carboxylic acids is 1. The van der Waals surface area contributed by atoms with Crippen molar-refractivity contribution in [2.45, 2.75) is 64.3 Å². The zero-order valence-corrected chi connectivity index (χ0v) is 25.6. The van der Waals surface area contributed by atoms with Gasteiger partial charge in [0.25, 0.3) is 0 Å². The molecular formula is C37H40O6. The number of carbonyl (C=O) groups is 1. The standard InChI is InChI=1S/C37H40O6/c1-8-33(39)41-30-19-11-26(12-20-30)36(4,5)28-15-23-32(24-16-28)43-37(6,7)34(40)42-31-21-13-27(14-22-31)35(2,3)25-9-17-29(38)18-10-25/h8-24,34,38,40H,1H2,2-7H3. The van der Waals surface area contributed by atoms with Gasteiger partial charge < -0.3 is 24.4 Å². The SMILES string of the molecule is C=CC(=O)Oc1ccc(C(C)(C)c2ccc(OC(C)(C)C(O)Oc3ccc(C(C)(C)c4ccc(O)cc4)cc3)cc2)cc1. The number of aromatic hydroxyl groups is 1. The minimum Gasteiger partial charge on any atom is -0.508 e. The number of hydrogen-bond acceptors (Lipinski definition) is 6. The fraction of sp³-hybridized carbons (Fsp3) is 0.270. The zero-order chi connectivity index (χ0) is 31.4. The number of hydrogen-bond donors (Lipinski definition) is 2. The molecule has 4 aromatic carbocycles. The van der Waals surface area contributed by atoms with E-state index in [-0.39, 0.29) is 16.6 Å². The first-order valence-electron chi connectivity index (χ1n) is 14.2. The molecule has 0 amide bonds. The molecule has 0 aromatic heterocycles. The highest BCUT2D eigenvalue weighted by Crippen LogP contribution is 2.35. The normalized spacial score (nSPS) is 12.7. The molecule has 43 heavy (non-hydrogen) atoms. The first-order valence-corrected chi connectivity index (χ1v) is 14.2. The van der Waals surface area contributed by atoms with E-state index in [1.165, 1.54) is 0 Å². The highest BCUT2D eigenvalue weighted by molar-refractivity contribution is 5.83. The van der Waals surface area contributed by atoms with E-state index in [0.717, 1.165) is 28.3 Å². The Hall–Kier alpha value is -4.55. The molecule has 6 heteroatoms. The molecule has 4 rings (SSSR count). The van der Waals surface area contributed by atoms with Gasteiger partial charge in [-0.2, -0.15) is 0 Å². The van der Waals surface area contributed by atoms with Crippen LogP contribution < -0.4 is 14.2 Å². The van der Waals surface area contributed by atoms with Gasteiger partial charge in [-0.05, 0) is 84.6 Å². The second kappa shape index (κ2) is 12.4. The fourth-order valence-corrected chi connectivity index (χ4v) is 4.82. The average Bonchev–Trinajstić information content (AvgIpc) is 2.98. The highest BCUT2D eigenvalue weighted by atomic mass is 16.6. The zero-order valence-electron chi connectivity index (χ0n) is 25.6. The third-order valence-corrected chi connectivity index (χ3v) is 7.93. The van der Waals surface area contributed by atoms with E-state index >= 15 is 0 Å². The molecule has 224 valence electrons. The fourth-order valence-electron chi connectivity index (χ4n) is 4.82. The predicted molar refractivity (Wildman–Crippen MR) is 169 cm³/mol. The van der Waals surface area contributed by atoms with E-state index in [1.807, 2.05) is 72.8 Å². The van der Waals surface area contributed by atoms with Crippen LogP contribution in [0.1, 0.15) is 63.8 Å². The summed E-state index contributed by atoms with van der Waals surface area (Å²) in [6.07, 6.45) is -0.0961. The third kappa shape index (κ3) is 7.27. The average molecular weight is 581 g/mol. The van der Waals surface area contributed by atoms with Crippen LogP contribution in [0.5, 0.6) is 23.0 Å². The molecule has 0 aliphatic heterocycles. The molecule has 0 bridgehead atoms. The molecule has 0 saturated heterocycles. The van der Waals surface area contributed by atoms with E-state index in [4.69, 9.17) is 14.2 Å². The Balaban J connectivity index is 1.39. The molecule has 0 heterocycles. The van der Waals surface area contributed by atoms with Gasteiger partial charge in [-0.1, -0.05) is 82.8 Å². The van der Waals surface area contributed by atoms with E-state index in [1.54, 1.807) is 38.1 Å². The lowest BCUT2D eigenvalue weighted by molar-refractivity contribution is -0.137. The minimum absolute atomic E-state index is 0.235. The summed E-state index contributed by atoms with van der Waals surface area (Å²) < 4.78 is 17.2. The molecule has 0 fully saturated rings. The molecular weight excluding hydrogens is 540 g/mol. The molecule has 0 radical (unpaired) electrons. The number of aliphatic hydroxyl groups is 1. The summed E-state index contributed by atoms with van der Waals surface area (Å²) in [4.78, 5) is 11.5. The summed E-state index contributed by atoms with van der Waals surface area (Å²) >= 11 is 0. The van der Waals surface area contributed by atoms with Gasteiger partial charge in [0.15, 0.2) is 5.60 Å². The van der Waals surface area contributed by atoms with Crippen molar-refractivity contribution in [3.05, 3.63) is 132 Å². The van der Waals surface area contributed by atoms with Gasteiger partial charge in [0.2, 0.25) is 6.29 Å². The second-order valence-electron chi connectivity index (χ2n) is 12.2. The van der Waals surface area contributed by atoms with Gasteiger partial charge in [0.05, 0.1) is 0 Å². The minimum atomic E-state index is -1.23. The number of rotatable bonds is 11. The van der Waals surface area contributed by atoms with Crippen LogP contribution in [0.25, 0.3) is 0 Å². The molecule has 1 atom stereocenters. The largest absolute Gasteiger partial charge is 0.508 e. The maximum atomic E-state index is 11.5. The van der Waals surface area contributed by atoms with Crippen molar-refractivity contribution in [1.29, 1.82) is 0 Å². The summed E-state index contributed by atoms with van der Waals surface area (Å²) in [7, 11) is 0. The number of benzene rings is 4. The number of ether oxygens (including phenoxy) is 3. The highest BCUT2D eigenvalue weighted by Gasteiger charge is 2.33. The van der Waals surface area contributed by atoms with Crippen LogP contribution in [0.3, 0.4) is 0 Å². The molecule has 6 nitrogen and oxygen atoms in total. The Labute approximate surface area is 254 Å². The van der Waals surface area contributed by atoms with E-state index < -0.39 is 17.9 Å². The molecule has 4 aromatic rings. The molecule has 1 unspecified atom stereocenters. The van der Waals surface area contributed by atoms with Crippen molar-refractivity contribution in [3.63, 3.8) is 0 Å². The maximum absolute atomic E-state index is 11.5. The van der Waals surface area contributed by atoms with Crippen LogP contribution in [0.15, 0.2) is 110 Å². The topological polar surface area (TPSA) is 85.2 Å². The second-order valence-corrected chi connectivity index (χ2v) is 12.2. The summed E-state index contributed by atoms with van der Waals surface area (Å²) in [6.45, 7) is 15.4. The van der Waals surface area contributed by atoms with E-state index in [9.17, 15) is 15.0 Å². The Morgan fingerprint density at radius 2 is 1.02 bits per heavy atom. The molecule has 0 aliphatic rings. The van der Waals surface area contributed by atoms with Crippen molar-refractivity contribution in [1.82, 2.24) is 0 Å². The summed E-state index contributed by atoms with van der Waals surface area (Å²) in [5.74, 6) is 1.33. The van der Waals surface area contributed by atoms with Crippen molar-refractivity contribution in [2.24, 2.45) is 0 Å². The first kappa shape index (κ1) is 31.4. The van der Waals surface area contributed by atoms with Crippen LogP contribution in [0, 0.1) is 0 Å². The molecule has 2 N–H and O–H groups in total. The van der Waals surface area contributed by atoms with Crippen molar-refractivity contribution in [2.75, 3.05) is 0 Å². The van der Waals surface area contributed by atoms with Crippen molar-refractivity contribution < 1.29 is 29.2 Å². The number of aliphatic hydroxyl groups excluding tert-OH is 1. The van der Waals surface area contributed by atoms with Gasteiger partial charge in [-0.3, -0.25) is 0 Å².